The van der Waals surface area contributed by atoms with Crippen molar-refractivity contribution < 1.29 is 19.5 Å². The lowest BCUT2D eigenvalue weighted by molar-refractivity contribution is -0.137. The lowest BCUT2D eigenvalue weighted by Gasteiger charge is -2.29. The molecule has 1 aromatic carbocycles. The molecule has 0 aliphatic carbocycles. The second-order valence-electron chi connectivity index (χ2n) is 6.55. The van der Waals surface area contributed by atoms with Crippen LogP contribution in [0.4, 0.5) is 10.5 Å². The molecule has 0 spiro atoms. The van der Waals surface area contributed by atoms with Crippen molar-refractivity contribution in [1.29, 1.82) is 0 Å². The van der Waals surface area contributed by atoms with Gasteiger partial charge in [-0.05, 0) is 24.1 Å². The Kier molecular flexibility index (Phi) is 5.72. The van der Waals surface area contributed by atoms with Crippen LogP contribution in [-0.2, 0) is 16.0 Å². The number of carboxylic acids is 1. The van der Waals surface area contributed by atoms with Crippen LogP contribution in [0.2, 0.25) is 0 Å². The quantitative estimate of drug-likeness (QED) is 0.765. The van der Waals surface area contributed by atoms with E-state index in [0.29, 0.717) is 32.6 Å². The number of amides is 3. The van der Waals surface area contributed by atoms with Crippen molar-refractivity contribution in [2.24, 2.45) is 0 Å². The molecule has 2 N–H and O–H groups in total. The van der Waals surface area contributed by atoms with E-state index in [1.807, 2.05) is 24.3 Å². The molecule has 8 heteroatoms. The third-order valence-corrected chi connectivity index (χ3v) is 4.77. The first-order valence-corrected chi connectivity index (χ1v) is 8.90. The normalized spacial score (nSPS) is 17.7. The van der Waals surface area contributed by atoms with Gasteiger partial charge < -0.3 is 20.2 Å². The van der Waals surface area contributed by atoms with E-state index >= 15 is 0 Å². The number of nitrogens with zero attached hydrogens (tertiary/aromatic N) is 3. The van der Waals surface area contributed by atoms with E-state index in [1.54, 1.807) is 14.7 Å². The summed E-state index contributed by atoms with van der Waals surface area (Å²) >= 11 is 0. The van der Waals surface area contributed by atoms with E-state index in [0.717, 1.165) is 24.3 Å². The average molecular weight is 360 g/mol. The Balaban J connectivity index is 1.56. The van der Waals surface area contributed by atoms with Crippen LogP contribution in [0.5, 0.6) is 0 Å². The zero-order valence-corrected chi connectivity index (χ0v) is 14.7. The number of anilines is 1. The van der Waals surface area contributed by atoms with Crippen LogP contribution in [0.15, 0.2) is 24.3 Å². The fourth-order valence-electron chi connectivity index (χ4n) is 3.24. The number of piperazine rings is 1. The number of carbonyl (C=O) groups excluding carboxylic acids is 2. The Hall–Kier alpha value is -2.61. The van der Waals surface area contributed by atoms with Crippen molar-refractivity contribution in [1.82, 2.24) is 15.1 Å². The topological polar surface area (TPSA) is 93.2 Å². The third-order valence-electron chi connectivity index (χ3n) is 4.77. The molecule has 3 rings (SSSR count). The van der Waals surface area contributed by atoms with Gasteiger partial charge in [0.2, 0.25) is 5.91 Å². The van der Waals surface area contributed by atoms with E-state index < -0.39 is 5.97 Å². The fourth-order valence-corrected chi connectivity index (χ4v) is 3.24. The monoisotopic (exact) mass is 360 g/mol. The molecule has 2 saturated heterocycles. The minimum absolute atomic E-state index is 0.00859. The van der Waals surface area contributed by atoms with Gasteiger partial charge in [-0.2, -0.15) is 0 Å². The first-order valence-electron chi connectivity index (χ1n) is 8.90. The number of urea groups is 1. The molecule has 2 aliphatic rings. The highest BCUT2D eigenvalue weighted by Gasteiger charge is 2.32. The van der Waals surface area contributed by atoms with Gasteiger partial charge in [0.05, 0.1) is 0 Å². The zero-order valence-electron chi connectivity index (χ0n) is 14.7. The first-order chi connectivity index (χ1) is 12.5. The highest BCUT2D eigenvalue weighted by atomic mass is 16.4. The minimum atomic E-state index is -0.825. The highest BCUT2D eigenvalue weighted by molar-refractivity contribution is 5.96. The summed E-state index contributed by atoms with van der Waals surface area (Å²) in [7, 11) is 0. The Morgan fingerprint density at radius 1 is 1.04 bits per heavy atom. The number of hydrogen-bond donors (Lipinski definition) is 2. The maximum Gasteiger partial charge on any atom is 0.325 e. The second kappa shape index (κ2) is 8.18. The molecular formula is C18H24N4O4. The molecule has 2 heterocycles. The molecule has 0 unspecified atom stereocenters. The molecule has 2 fully saturated rings. The number of aliphatic carboxylic acids is 1. The highest BCUT2D eigenvalue weighted by Crippen LogP contribution is 2.21. The lowest BCUT2D eigenvalue weighted by Crippen LogP contribution is -2.50. The predicted octanol–water partition coefficient (Wildman–Crippen LogP) is 0.378. The van der Waals surface area contributed by atoms with Gasteiger partial charge in [0.1, 0.15) is 6.54 Å². The Morgan fingerprint density at radius 2 is 1.73 bits per heavy atom. The molecule has 8 nitrogen and oxygen atoms in total. The van der Waals surface area contributed by atoms with Gasteiger partial charge in [-0.25, -0.2) is 4.79 Å². The number of nitrogens with one attached hydrogen (secondary N) is 1. The summed E-state index contributed by atoms with van der Waals surface area (Å²) in [5, 5.41) is 11.9. The average Bonchev–Trinajstić information content (AvgIpc) is 3.01. The molecule has 0 saturated carbocycles. The number of benzene rings is 1. The van der Waals surface area contributed by atoms with Gasteiger partial charge in [-0.15, -0.1) is 0 Å². The molecule has 1 aromatic rings. The van der Waals surface area contributed by atoms with Crippen molar-refractivity contribution in [2.75, 3.05) is 50.7 Å². The smallest absolute Gasteiger partial charge is 0.325 e. The van der Waals surface area contributed by atoms with E-state index in [2.05, 4.69) is 5.32 Å². The summed E-state index contributed by atoms with van der Waals surface area (Å²) in [4.78, 5) is 40.6. The number of carbonyl (C=O) groups is 3. The molecule has 2 aliphatic heterocycles. The molecular weight excluding hydrogens is 336 g/mol. The molecule has 0 radical (unpaired) electrons. The molecule has 3 amide bonds. The van der Waals surface area contributed by atoms with Crippen LogP contribution >= 0.6 is 0 Å². The molecule has 26 heavy (non-hydrogen) atoms. The van der Waals surface area contributed by atoms with Gasteiger partial charge >= 0.3 is 12.0 Å². The SMILES string of the molecule is O=C(O)CCc1ccc(N2CCN(CC(=O)N3CCNCC3)C2=O)cc1. The Bertz CT molecular complexity index is 670. The van der Waals surface area contributed by atoms with Gasteiger partial charge in [-0.1, -0.05) is 12.1 Å². The van der Waals surface area contributed by atoms with Gasteiger partial charge in [0, 0.05) is 51.4 Å². The summed E-state index contributed by atoms with van der Waals surface area (Å²) < 4.78 is 0. The molecule has 0 aromatic heterocycles. The largest absolute Gasteiger partial charge is 0.481 e. The third kappa shape index (κ3) is 4.32. The summed E-state index contributed by atoms with van der Waals surface area (Å²) in [5.74, 6) is -0.834. The van der Waals surface area contributed by atoms with Crippen LogP contribution in [0.3, 0.4) is 0 Å². The van der Waals surface area contributed by atoms with Crippen LogP contribution < -0.4 is 10.2 Å². The van der Waals surface area contributed by atoms with E-state index in [9.17, 15) is 14.4 Å². The zero-order chi connectivity index (χ0) is 18.5. The van der Waals surface area contributed by atoms with Gasteiger partial charge in [-0.3, -0.25) is 14.5 Å². The second-order valence-corrected chi connectivity index (χ2v) is 6.55. The van der Waals surface area contributed by atoms with E-state index in [1.165, 1.54) is 0 Å². The number of aryl methyl sites for hydroxylation is 1. The summed E-state index contributed by atoms with van der Waals surface area (Å²) in [6.45, 7) is 4.14. The molecule has 0 atom stereocenters. The van der Waals surface area contributed by atoms with Crippen molar-refractivity contribution in [2.45, 2.75) is 12.8 Å². The lowest BCUT2D eigenvalue weighted by atomic mass is 10.1. The molecule has 140 valence electrons. The van der Waals surface area contributed by atoms with Crippen LogP contribution in [-0.4, -0.2) is 78.6 Å². The maximum absolute atomic E-state index is 12.6. The van der Waals surface area contributed by atoms with Crippen molar-refractivity contribution in [3.63, 3.8) is 0 Å². The van der Waals surface area contributed by atoms with E-state index in [-0.39, 0.29) is 24.9 Å². The summed E-state index contributed by atoms with van der Waals surface area (Å²) in [6.07, 6.45) is 0.554. The van der Waals surface area contributed by atoms with Crippen LogP contribution in [0.25, 0.3) is 0 Å². The number of rotatable bonds is 6. The summed E-state index contributed by atoms with van der Waals surface area (Å²) in [5.41, 5.74) is 1.69. The van der Waals surface area contributed by atoms with Crippen LogP contribution in [0, 0.1) is 0 Å². The van der Waals surface area contributed by atoms with Crippen molar-refractivity contribution in [3.8, 4) is 0 Å². The van der Waals surface area contributed by atoms with E-state index in [4.69, 9.17) is 5.11 Å². The van der Waals surface area contributed by atoms with Crippen molar-refractivity contribution in [3.05, 3.63) is 29.8 Å². The first kappa shape index (κ1) is 18.2. The number of carboxylic acid groups (broad SMARTS) is 1. The van der Waals surface area contributed by atoms with Gasteiger partial charge in [0.15, 0.2) is 0 Å². The standard InChI is InChI=1S/C18H24N4O4/c23-16(20-9-7-19-8-10-20)13-21-11-12-22(18(21)26)15-4-1-14(2-5-15)3-6-17(24)25/h1-2,4-5,19H,3,6-13H2,(H,24,25). The molecule has 0 bridgehead atoms. The maximum atomic E-state index is 12.6. The number of hydrogen-bond acceptors (Lipinski definition) is 4. The summed E-state index contributed by atoms with van der Waals surface area (Å²) in [6, 6.07) is 7.19. The fraction of sp³-hybridized carbons (Fsp3) is 0.500. The predicted molar refractivity (Wildman–Crippen MR) is 96.2 cm³/mol. The van der Waals surface area contributed by atoms with Crippen molar-refractivity contribution >= 4 is 23.6 Å². The van der Waals surface area contributed by atoms with Crippen LogP contribution in [0.1, 0.15) is 12.0 Å². The van der Waals surface area contributed by atoms with Gasteiger partial charge in [0.25, 0.3) is 0 Å². The minimum Gasteiger partial charge on any atom is -0.481 e. The Labute approximate surface area is 152 Å². The Morgan fingerprint density at radius 3 is 2.38 bits per heavy atom.